The minimum Gasteiger partial charge on any atom is -0.508 e. The Kier molecular flexibility index (Phi) is 7.32. The molecule has 0 unspecified atom stereocenters. The van der Waals surface area contributed by atoms with Gasteiger partial charge in [-0.1, -0.05) is 42.5 Å². The molecule has 0 fully saturated rings. The molecule has 5 nitrogen and oxygen atoms in total. The molecule has 164 valence electrons. The highest BCUT2D eigenvalue weighted by atomic mass is 16.3. The molecule has 5 heteroatoms. The molecule has 0 saturated heterocycles. The Labute approximate surface area is 190 Å². The van der Waals surface area contributed by atoms with E-state index in [1.54, 1.807) is 12.1 Å². The SMILES string of the molecule is CN(C)Cc1cc(C(=C(C#N)c2ccccc2)c2ccc(O)c(CN(C)C)c2)ccc1O. The van der Waals surface area contributed by atoms with Gasteiger partial charge in [0, 0.05) is 29.8 Å². The van der Waals surface area contributed by atoms with Crippen LogP contribution in [0.25, 0.3) is 11.1 Å². The van der Waals surface area contributed by atoms with Gasteiger partial charge in [-0.05, 0) is 69.1 Å². The van der Waals surface area contributed by atoms with Crippen molar-refractivity contribution in [2.75, 3.05) is 28.2 Å². The topological polar surface area (TPSA) is 70.7 Å². The predicted molar refractivity (Wildman–Crippen MR) is 129 cm³/mol. The van der Waals surface area contributed by atoms with Crippen molar-refractivity contribution < 1.29 is 10.2 Å². The lowest BCUT2D eigenvalue weighted by Crippen LogP contribution is -2.11. The lowest BCUT2D eigenvalue weighted by Gasteiger charge is -2.18. The molecule has 3 aromatic carbocycles. The van der Waals surface area contributed by atoms with E-state index in [2.05, 4.69) is 6.07 Å². The second-order valence-corrected chi connectivity index (χ2v) is 8.39. The number of phenolic OH excluding ortho intramolecular Hbond substituents is 2. The molecule has 0 aliphatic carbocycles. The lowest BCUT2D eigenvalue weighted by molar-refractivity contribution is 0.385. The summed E-state index contributed by atoms with van der Waals surface area (Å²) in [5, 5.41) is 31.0. The highest BCUT2D eigenvalue weighted by molar-refractivity contribution is 6.03. The molecule has 0 bridgehead atoms. The molecule has 0 aromatic heterocycles. The van der Waals surface area contributed by atoms with E-state index < -0.39 is 0 Å². The molecule has 0 atom stereocenters. The Hall–Kier alpha value is -3.59. The number of phenols is 2. The first-order valence-corrected chi connectivity index (χ1v) is 10.4. The zero-order valence-electron chi connectivity index (χ0n) is 19.0. The highest BCUT2D eigenvalue weighted by Crippen LogP contribution is 2.36. The fraction of sp³-hybridized carbons (Fsp3) is 0.222. The van der Waals surface area contributed by atoms with Crippen LogP contribution in [-0.2, 0) is 13.1 Å². The molecule has 0 saturated carbocycles. The summed E-state index contributed by atoms with van der Waals surface area (Å²) in [7, 11) is 7.78. The van der Waals surface area contributed by atoms with Crippen molar-refractivity contribution in [2.45, 2.75) is 13.1 Å². The number of nitriles is 1. The third-order valence-electron chi connectivity index (χ3n) is 5.13. The summed E-state index contributed by atoms with van der Waals surface area (Å²) in [4.78, 5) is 3.97. The van der Waals surface area contributed by atoms with Crippen LogP contribution in [0.5, 0.6) is 11.5 Å². The number of aromatic hydroxyl groups is 2. The summed E-state index contributed by atoms with van der Waals surface area (Å²) in [6, 6.07) is 22.9. The van der Waals surface area contributed by atoms with E-state index >= 15 is 0 Å². The summed E-state index contributed by atoms with van der Waals surface area (Å²) < 4.78 is 0. The van der Waals surface area contributed by atoms with Crippen molar-refractivity contribution >= 4 is 11.1 Å². The maximum atomic E-state index is 10.4. The molecule has 3 rings (SSSR count). The maximum Gasteiger partial charge on any atom is 0.120 e. The van der Waals surface area contributed by atoms with Crippen LogP contribution in [-0.4, -0.2) is 48.2 Å². The number of rotatable bonds is 7. The van der Waals surface area contributed by atoms with Crippen LogP contribution < -0.4 is 0 Å². The van der Waals surface area contributed by atoms with E-state index in [0.29, 0.717) is 18.7 Å². The second-order valence-electron chi connectivity index (χ2n) is 8.39. The van der Waals surface area contributed by atoms with Crippen molar-refractivity contribution in [2.24, 2.45) is 0 Å². The number of hydrogen-bond acceptors (Lipinski definition) is 5. The minimum atomic E-state index is 0.221. The van der Waals surface area contributed by atoms with E-state index in [1.165, 1.54) is 0 Å². The molecule has 0 spiro atoms. The standard InChI is InChI=1S/C27H29N3O2/c1-29(2)17-22-14-20(10-12-25(22)31)27(24(16-28)19-8-6-5-7-9-19)21-11-13-26(32)23(15-21)18-30(3)4/h5-15,31-32H,17-18H2,1-4H3. The van der Waals surface area contributed by atoms with Gasteiger partial charge in [-0.15, -0.1) is 0 Å². The van der Waals surface area contributed by atoms with Crippen LogP contribution in [0, 0.1) is 11.3 Å². The zero-order valence-corrected chi connectivity index (χ0v) is 19.0. The molecular formula is C27H29N3O2. The largest absolute Gasteiger partial charge is 0.508 e. The van der Waals surface area contributed by atoms with Gasteiger partial charge in [-0.3, -0.25) is 0 Å². The fourth-order valence-corrected chi connectivity index (χ4v) is 3.74. The summed E-state index contributed by atoms with van der Waals surface area (Å²) in [5.74, 6) is 0.443. The molecule has 0 heterocycles. The average Bonchev–Trinajstić information content (AvgIpc) is 2.75. The summed E-state index contributed by atoms with van der Waals surface area (Å²) in [5.41, 5.74) is 5.34. The van der Waals surface area contributed by atoms with Gasteiger partial charge in [-0.25, -0.2) is 0 Å². The normalized spacial score (nSPS) is 10.9. The quantitative estimate of drug-likeness (QED) is 0.422. The summed E-state index contributed by atoms with van der Waals surface area (Å²) in [6.07, 6.45) is 0. The van der Waals surface area contributed by atoms with Crippen molar-refractivity contribution in [3.8, 4) is 17.6 Å². The molecule has 2 N–H and O–H groups in total. The first-order chi connectivity index (χ1) is 15.3. The molecule has 0 aliphatic heterocycles. The van der Waals surface area contributed by atoms with E-state index in [4.69, 9.17) is 0 Å². The smallest absolute Gasteiger partial charge is 0.120 e. The van der Waals surface area contributed by atoms with Crippen LogP contribution in [0.3, 0.4) is 0 Å². The number of hydrogen-bond donors (Lipinski definition) is 2. The van der Waals surface area contributed by atoms with Crippen LogP contribution in [0.4, 0.5) is 0 Å². The molecule has 0 radical (unpaired) electrons. The third kappa shape index (κ3) is 5.36. The highest BCUT2D eigenvalue weighted by Gasteiger charge is 2.17. The zero-order chi connectivity index (χ0) is 23.3. The van der Waals surface area contributed by atoms with Crippen molar-refractivity contribution in [1.29, 1.82) is 5.26 Å². The van der Waals surface area contributed by atoms with Crippen molar-refractivity contribution in [1.82, 2.24) is 9.80 Å². The molecular weight excluding hydrogens is 398 g/mol. The Balaban J connectivity index is 2.30. The second kappa shape index (κ2) is 10.1. The van der Waals surface area contributed by atoms with Crippen molar-refractivity contribution in [3.63, 3.8) is 0 Å². The van der Waals surface area contributed by atoms with Crippen LogP contribution >= 0.6 is 0 Å². The Morgan fingerprint density at radius 3 is 1.59 bits per heavy atom. The van der Waals surface area contributed by atoms with Crippen LogP contribution in [0.1, 0.15) is 27.8 Å². The lowest BCUT2D eigenvalue weighted by atomic mass is 9.88. The van der Waals surface area contributed by atoms with Crippen LogP contribution in [0.2, 0.25) is 0 Å². The van der Waals surface area contributed by atoms with E-state index in [9.17, 15) is 15.5 Å². The number of allylic oxidation sites excluding steroid dienone is 1. The van der Waals surface area contributed by atoms with Gasteiger partial charge in [-0.2, -0.15) is 5.26 Å². The number of nitrogens with zero attached hydrogens (tertiary/aromatic N) is 3. The fourth-order valence-electron chi connectivity index (χ4n) is 3.74. The van der Waals surface area contributed by atoms with Gasteiger partial charge in [0.05, 0.1) is 5.57 Å². The van der Waals surface area contributed by atoms with Gasteiger partial charge in [0.2, 0.25) is 0 Å². The predicted octanol–water partition coefficient (Wildman–Crippen LogP) is 4.70. The molecule has 32 heavy (non-hydrogen) atoms. The van der Waals surface area contributed by atoms with Gasteiger partial charge in [0.25, 0.3) is 0 Å². The van der Waals surface area contributed by atoms with E-state index in [1.807, 2.05) is 92.6 Å². The van der Waals surface area contributed by atoms with Crippen LogP contribution in [0.15, 0.2) is 66.7 Å². The van der Waals surface area contributed by atoms with Gasteiger partial charge >= 0.3 is 0 Å². The first-order valence-electron chi connectivity index (χ1n) is 10.4. The Morgan fingerprint density at radius 2 is 1.19 bits per heavy atom. The Morgan fingerprint density at radius 1 is 0.719 bits per heavy atom. The maximum absolute atomic E-state index is 10.4. The average molecular weight is 428 g/mol. The molecule has 0 aliphatic rings. The van der Waals surface area contributed by atoms with Gasteiger partial charge < -0.3 is 20.0 Å². The van der Waals surface area contributed by atoms with Gasteiger partial charge in [0.1, 0.15) is 17.6 Å². The summed E-state index contributed by atoms with van der Waals surface area (Å²) in [6.45, 7) is 1.14. The van der Waals surface area contributed by atoms with E-state index in [-0.39, 0.29) is 11.5 Å². The molecule has 3 aromatic rings. The monoisotopic (exact) mass is 427 g/mol. The summed E-state index contributed by atoms with van der Waals surface area (Å²) >= 11 is 0. The Bertz CT molecular complexity index is 1100. The third-order valence-corrected chi connectivity index (χ3v) is 5.13. The van der Waals surface area contributed by atoms with Gasteiger partial charge in [0.15, 0.2) is 0 Å². The first kappa shape index (κ1) is 23.1. The number of benzene rings is 3. The van der Waals surface area contributed by atoms with Crippen molar-refractivity contribution in [3.05, 3.63) is 94.5 Å². The molecule has 0 amide bonds. The van der Waals surface area contributed by atoms with E-state index in [0.717, 1.165) is 33.4 Å². The minimum absolute atomic E-state index is 0.221.